The van der Waals surface area contributed by atoms with Crippen LogP contribution in [0.2, 0.25) is 0 Å². The van der Waals surface area contributed by atoms with Crippen LogP contribution in [0.25, 0.3) is 0 Å². The standard InChI is InChI=1S/C8H6BF6/c10-8(11,12)7-3-1-6(2-4-7)5-9(13,14)15/h1-4H,5H2/q-1. The minimum Gasteiger partial charge on any atom is -0.449 e. The van der Waals surface area contributed by atoms with Gasteiger partial charge in [-0.25, -0.2) is 0 Å². The molecule has 84 valence electrons. The van der Waals surface area contributed by atoms with Crippen molar-refractivity contribution in [1.29, 1.82) is 0 Å². The van der Waals surface area contributed by atoms with Crippen molar-refractivity contribution in [3.05, 3.63) is 35.4 Å². The van der Waals surface area contributed by atoms with Gasteiger partial charge in [-0.2, -0.15) is 13.2 Å². The Kier molecular flexibility index (Phi) is 3.01. The van der Waals surface area contributed by atoms with Crippen LogP contribution in [0.1, 0.15) is 11.1 Å². The SMILES string of the molecule is F[B-](F)(F)Cc1ccc(C(F)(F)F)cc1. The van der Waals surface area contributed by atoms with Gasteiger partial charge in [-0.3, -0.25) is 0 Å². The van der Waals surface area contributed by atoms with Crippen LogP contribution in [0.4, 0.5) is 26.1 Å². The molecule has 0 atom stereocenters. The molecule has 1 rings (SSSR count). The minimum atomic E-state index is -5.01. The topological polar surface area (TPSA) is 0 Å². The monoisotopic (exact) mass is 227 g/mol. The summed E-state index contributed by atoms with van der Waals surface area (Å²) in [6.45, 7) is -5.01. The van der Waals surface area contributed by atoms with Crippen LogP contribution in [0, 0.1) is 0 Å². The first-order chi connectivity index (χ1) is 6.68. The summed E-state index contributed by atoms with van der Waals surface area (Å²) in [5.74, 6) is 0. The maximum Gasteiger partial charge on any atom is 0.482 e. The van der Waals surface area contributed by atoms with Gasteiger partial charge >= 0.3 is 13.2 Å². The van der Waals surface area contributed by atoms with Crippen molar-refractivity contribution < 1.29 is 26.1 Å². The quantitative estimate of drug-likeness (QED) is 0.534. The van der Waals surface area contributed by atoms with E-state index in [0.29, 0.717) is 12.1 Å². The third-order valence-electron chi connectivity index (χ3n) is 1.75. The Morgan fingerprint density at radius 2 is 1.40 bits per heavy atom. The van der Waals surface area contributed by atoms with Gasteiger partial charge in [0.1, 0.15) is 0 Å². The molecule has 0 amide bonds. The normalized spacial score (nSPS) is 12.9. The van der Waals surface area contributed by atoms with E-state index in [1.54, 1.807) is 0 Å². The molecule has 0 spiro atoms. The van der Waals surface area contributed by atoms with Gasteiger partial charge in [0.25, 0.3) is 0 Å². The van der Waals surface area contributed by atoms with E-state index in [2.05, 4.69) is 0 Å². The molecule has 0 saturated carbocycles. The second-order valence-electron chi connectivity index (χ2n) is 3.11. The highest BCUT2D eigenvalue weighted by molar-refractivity contribution is 6.57. The van der Waals surface area contributed by atoms with Gasteiger partial charge in [-0.05, 0) is 12.1 Å². The van der Waals surface area contributed by atoms with E-state index in [9.17, 15) is 26.1 Å². The second kappa shape index (κ2) is 3.79. The number of benzene rings is 1. The van der Waals surface area contributed by atoms with Crippen molar-refractivity contribution in [3.8, 4) is 0 Å². The largest absolute Gasteiger partial charge is 0.482 e. The van der Waals surface area contributed by atoms with Gasteiger partial charge in [0.05, 0.1) is 5.56 Å². The fourth-order valence-electron chi connectivity index (χ4n) is 1.10. The molecule has 7 heteroatoms. The molecule has 0 aromatic heterocycles. The zero-order valence-corrected chi connectivity index (χ0v) is 7.36. The lowest BCUT2D eigenvalue weighted by Crippen LogP contribution is -2.19. The van der Waals surface area contributed by atoms with Crippen molar-refractivity contribution in [1.82, 2.24) is 0 Å². The third-order valence-corrected chi connectivity index (χ3v) is 1.75. The predicted octanol–water partition coefficient (Wildman–Crippen LogP) is 3.63. The molecule has 0 heterocycles. The van der Waals surface area contributed by atoms with Crippen LogP contribution in [0.5, 0.6) is 0 Å². The Hall–Kier alpha value is -1.14. The molecule has 15 heavy (non-hydrogen) atoms. The number of alkyl halides is 3. The lowest BCUT2D eigenvalue weighted by Gasteiger charge is -2.14. The average Bonchev–Trinajstić information content (AvgIpc) is 2.00. The lowest BCUT2D eigenvalue weighted by atomic mass is 9.82. The first-order valence-corrected chi connectivity index (χ1v) is 4.05. The highest BCUT2D eigenvalue weighted by Crippen LogP contribution is 2.29. The summed E-state index contributed by atoms with van der Waals surface area (Å²) in [4.78, 5) is 0. The third kappa shape index (κ3) is 3.85. The van der Waals surface area contributed by atoms with Crippen LogP contribution in [-0.2, 0) is 12.5 Å². The summed E-state index contributed by atoms with van der Waals surface area (Å²) >= 11 is 0. The van der Waals surface area contributed by atoms with Gasteiger partial charge in [0.15, 0.2) is 0 Å². The second-order valence-corrected chi connectivity index (χ2v) is 3.11. The van der Waals surface area contributed by atoms with Gasteiger partial charge in [-0.1, -0.05) is 24.0 Å². The van der Waals surface area contributed by atoms with Crippen molar-refractivity contribution in [2.75, 3.05) is 0 Å². The molecule has 1 aromatic rings. The summed E-state index contributed by atoms with van der Waals surface area (Å²) in [7, 11) is 0. The molecule has 0 unspecified atom stereocenters. The number of halogens is 6. The smallest absolute Gasteiger partial charge is 0.449 e. The van der Waals surface area contributed by atoms with Crippen molar-refractivity contribution in [2.24, 2.45) is 0 Å². The molecule has 0 saturated heterocycles. The molecule has 0 fully saturated rings. The number of rotatable bonds is 2. The molecule has 0 aliphatic carbocycles. The highest BCUT2D eigenvalue weighted by atomic mass is 19.4. The van der Waals surface area contributed by atoms with Gasteiger partial charge in [0.2, 0.25) is 0 Å². The molecule has 0 radical (unpaired) electrons. The molecular formula is C8H6BF6-. The molecular weight excluding hydrogens is 221 g/mol. The zero-order valence-electron chi connectivity index (χ0n) is 7.36. The average molecular weight is 227 g/mol. The molecule has 0 aliphatic rings. The molecule has 1 aromatic carbocycles. The maximum atomic E-state index is 12.0. The zero-order chi connectivity index (χ0) is 11.7. The number of hydrogen-bond donors (Lipinski definition) is 0. The minimum absolute atomic E-state index is 0.157. The van der Waals surface area contributed by atoms with Gasteiger partial charge in [-0.15, -0.1) is 0 Å². The van der Waals surface area contributed by atoms with Crippen molar-refractivity contribution in [3.63, 3.8) is 0 Å². The van der Waals surface area contributed by atoms with E-state index in [-0.39, 0.29) is 5.56 Å². The van der Waals surface area contributed by atoms with E-state index in [1.807, 2.05) is 0 Å². The summed E-state index contributed by atoms with van der Waals surface area (Å²) in [5.41, 5.74) is -1.10. The predicted molar refractivity (Wildman–Crippen MR) is 44.2 cm³/mol. The van der Waals surface area contributed by atoms with E-state index in [4.69, 9.17) is 0 Å². The Morgan fingerprint density at radius 3 is 1.73 bits per heavy atom. The Labute approximate surface area is 82.0 Å². The summed E-state index contributed by atoms with van der Waals surface area (Å²) in [6.07, 6.45) is -5.67. The molecule has 0 nitrogen and oxygen atoms in total. The van der Waals surface area contributed by atoms with Crippen LogP contribution < -0.4 is 0 Å². The van der Waals surface area contributed by atoms with Gasteiger partial charge in [0, 0.05) is 0 Å². The van der Waals surface area contributed by atoms with E-state index < -0.39 is 25.0 Å². The Bertz CT molecular complexity index is 322. The van der Waals surface area contributed by atoms with E-state index in [1.165, 1.54) is 0 Å². The van der Waals surface area contributed by atoms with Crippen LogP contribution in [-0.4, -0.2) is 6.98 Å². The van der Waals surface area contributed by atoms with Crippen LogP contribution >= 0.6 is 0 Å². The van der Waals surface area contributed by atoms with Gasteiger partial charge < -0.3 is 12.9 Å². The number of hydrogen-bond acceptors (Lipinski definition) is 0. The highest BCUT2D eigenvalue weighted by Gasteiger charge is 2.30. The fourth-order valence-corrected chi connectivity index (χ4v) is 1.10. The molecule has 0 N–H and O–H groups in total. The molecule has 0 aliphatic heterocycles. The van der Waals surface area contributed by atoms with Crippen LogP contribution in [0.15, 0.2) is 24.3 Å². The first kappa shape index (κ1) is 11.9. The van der Waals surface area contributed by atoms with E-state index in [0.717, 1.165) is 12.1 Å². The summed E-state index contributed by atoms with van der Waals surface area (Å²) < 4.78 is 71.9. The first-order valence-electron chi connectivity index (χ1n) is 4.05. The van der Waals surface area contributed by atoms with E-state index >= 15 is 0 Å². The molecule has 0 bridgehead atoms. The summed E-state index contributed by atoms with van der Waals surface area (Å²) in [5, 5.41) is 0. The van der Waals surface area contributed by atoms with Crippen molar-refractivity contribution >= 4 is 6.98 Å². The fraction of sp³-hybridized carbons (Fsp3) is 0.250. The maximum absolute atomic E-state index is 12.0. The Balaban J connectivity index is 2.82. The van der Waals surface area contributed by atoms with Crippen LogP contribution in [0.3, 0.4) is 0 Å². The lowest BCUT2D eigenvalue weighted by molar-refractivity contribution is -0.137. The summed E-state index contributed by atoms with van der Waals surface area (Å²) in [6, 6.07) is 2.99. The van der Waals surface area contributed by atoms with Crippen molar-refractivity contribution in [2.45, 2.75) is 12.5 Å². The Morgan fingerprint density at radius 1 is 0.933 bits per heavy atom.